The molecule has 0 radical (unpaired) electrons. The lowest BCUT2D eigenvalue weighted by molar-refractivity contribution is -0.125. The van der Waals surface area contributed by atoms with Gasteiger partial charge in [0.05, 0.1) is 0 Å². The van der Waals surface area contributed by atoms with Crippen LogP contribution in [0.5, 0.6) is 0 Å². The highest BCUT2D eigenvalue weighted by Gasteiger charge is 2.46. The minimum absolute atomic E-state index is 0.0428. The fourth-order valence-electron chi connectivity index (χ4n) is 3.12. The van der Waals surface area contributed by atoms with Crippen molar-refractivity contribution >= 4 is 11.9 Å². The molecule has 1 saturated heterocycles. The summed E-state index contributed by atoms with van der Waals surface area (Å²) in [5.41, 5.74) is -0.478. The summed E-state index contributed by atoms with van der Waals surface area (Å²) in [6.07, 6.45) is 2.41. The molecule has 0 aromatic heterocycles. The van der Waals surface area contributed by atoms with E-state index in [2.05, 4.69) is 0 Å². The van der Waals surface area contributed by atoms with Gasteiger partial charge >= 0.3 is 6.09 Å². The van der Waals surface area contributed by atoms with Crippen molar-refractivity contribution in [2.24, 2.45) is 11.8 Å². The molecule has 1 amide bonds. The summed E-state index contributed by atoms with van der Waals surface area (Å²) in [4.78, 5) is 25.7. The topological polar surface area (TPSA) is 46.6 Å². The summed E-state index contributed by atoms with van der Waals surface area (Å²) in [6.45, 7) is 8.17. The molecule has 1 heterocycles. The van der Waals surface area contributed by atoms with Gasteiger partial charge in [0.1, 0.15) is 11.4 Å². The number of nitrogens with zero attached hydrogens (tertiary/aromatic N) is 1. The zero-order chi connectivity index (χ0) is 13.5. The molecule has 0 bridgehead atoms. The van der Waals surface area contributed by atoms with Gasteiger partial charge in [0.2, 0.25) is 0 Å². The molecule has 0 N–H and O–H groups in total. The van der Waals surface area contributed by atoms with E-state index in [1.807, 2.05) is 27.7 Å². The van der Waals surface area contributed by atoms with E-state index in [0.29, 0.717) is 24.7 Å². The fraction of sp³-hybridized carbons (Fsp3) is 0.857. The normalized spacial score (nSPS) is 32.3. The Morgan fingerprint density at radius 1 is 1.39 bits per heavy atom. The van der Waals surface area contributed by atoms with Crippen LogP contribution in [0, 0.1) is 11.8 Å². The van der Waals surface area contributed by atoms with Crippen LogP contribution in [-0.4, -0.2) is 35.0 Å². The van der Waals surface area contributed by atoms with E-state index in [0.717, 1.165) is 12.8 Å². The fourth-order valence-corrected chi connectivity index (χ4v) is 3.12. The van der Waals surface area contributed by atoms with Crippen LogP contribution in [0.4, 0.5) is 4.79 Å². The maximum absolute atomic E-state index is 12.1. The van der Waals surface area contributed by atoms with Crippen LogP contribution in [0.15, 0.2) is 0 Å². The zero-order valence-corrected chi connectivity index (χ0v) is 11.7. The van der Waals surface area contributed by atoms with Gasteiger partial charge in [0.25, 0.3) is 0 Å². The largest absolute Gasteiger partial charge is 0.444 e. The Bertz CT molecular complexity index is 359. The third kappa shape index (κ3) is 2.52. The van der Waals surface area contributed by atoms with Gasteiger partial charge < -0.3 is 9.64 Å². The summed E-state index contributed by atoms with van der Waals surface area (Å²) in [7, 11) is 0. The second-order valence-corrected chi connectivity index (χ2v) is 6.50. The predicted octanol–water partition coefficient (Wildman–Crippen LogP) is 2.61. The summed E-state index contributed by atoms with van der Waals surface area (Å²) in [5, 5.41) is 0. The molecular formula is C14H23NO3. The van der Waals surface area contributed by atoms with Gasteiger partial charge in [-0.2, -0.15) is 0 Å². The van der Waals surface area contributed by atoms with Gasteiger partial charge in [-0.25, -0.2) is 4.79 Å². The van der Waals surface area contributed by atoms with Gasteiger partial charge in [-0.3, -0.25) is 4.79 Å². The van der Waals surface area contributed by atoms with Crippen LogP contribution >= 0.6 is 0 Å². The molecule has 2 fully saturated rings. The Morgan fingerprint density at radius 2 is 2.06 bits per heavy atom. The Hall–Kier alpha value is -1.06. The van der Waals surface area contributed by atoms with Gasteiger partial charge in [-0.15, -0.1) is 0 Å². The predicted molar refractivity (Wildman–Crippen MR) is 68.2 cm³/mol. The minimum atomic E-state index is -0.478. The second kappa shape index (κ2) is 4.56. The van der Waals surface area contributed by atoms with Crippen molar-refractivity contribution in [2.75, 3.05) is 6.54 Å². The SMILES string of the molecule is CC1C2CCCC(=O)C2CN1C(=O)OC(C)(C)C. The van der Waals surface area contributed by atoms with E-state index >= 15 is 0 Å². The van der Waals surface area contributed by atoms with Gasteiger partial charge in [-0.1, -0.05) is 0 Å². The van der Waals surface area contributed by atoms with Gasteiger partial charge in [-0.05, 0) is 46.5 Å². The number of carbonyl (C=O) groups is 2. The number of hydrogen-bond acceptors (Lipinski definition) is 3. The van der Waals surface area contributed by atoms with Crippen LogP contribution in [0.1, 0.15) is 47.0 Å². The molecule has 18 heavy (non-hydrogen) atoms. The third-order valence-electron chi connectivity index (χ3n) is 4.02. The third-order valence-corrected chi connectivity index (χ3v) is 4.02. The number of rotatable bonds is 0. The molecule has 1 saturated carbocycles. The zero-order valence-electron chi connectivity index (χ0n) is 11.7. The molecule has 3 atom stereocenters. The molecule has 2 rings (SSSR count). The summed E-state index contributed by atoms with van der Waals surface area (Å²) in [6, 6.07) is 0.120. The number of hydrogen-bond donors (Lipinski definition) is 0. The summed E-state index contributed by atoms with van der Waals surface area (Å²) < 4.78 is 5.41. The van der Waals surface area contributed by atoms with Crippen LogP contribution in [0.3, 0.4) is 0 Å². The second-order valence-electron chi connectivity index (χ2n) is 6.50. The van der Waals surface area contributed by atoms with Crippen molar-refractivity contribution in [3.8, 4) is 0 Å². The number of fused-ring (bicyclic) bond motifs is 1. The monoisotopic (exact) mass is 253 g/mol. The lowest BCUT2D eigenvalue weighted by Crippen LogP contribution is -2.39. The molecule has 3 unspecified atom stereocenters. The number of carbonyl (C=O) groups excluding carboxylic acids is 2. The first kappa shape index (κ1) is 13.4. The number of likely N-dealkylation sites (tertiary alicyclic amines) is 1. The Kier molecular flexibility index (Phi) is 3.39. The number of ketones is 1. The van der Waals surface area contributed by atoms with Crippen LogP contribution in [-0.2, 0) is 9.53 Å². The summed E-state index contributed by atoms with van der Waals surface area (Å²) in [5.74, 6) is 0.698. The lowest BCUT2D eigenvalue weighted by atomic mass is 9.78. The average Bonchev–Trinajstić information content (AvgIpc) is 2.56. The first-order valence-electron chi connectivity index (χ1n) is 6.82. The number of Topliss-reactive ketones (excluding diaryl/α,β-unsaturated/α-hetero) is 1. The van der Waals surface area contributed by atoms with E-state index in [1.165, 1.54) is 0 Å². The molecule has 1 aliphatic heterocycles. The Balaban J connectivity index is 2.07. The summed E-state index contributed by atoms with van der Waals surface area (Å²) >= 11 is 0. The van der Waals surface area contributed by atoms with Crippen molar-refractivity contribution in [3.05, 3.63) is 0 Å². The van der Waals surface area contributed by atoms with E-state index in [4.69, 9.17) is 4.74 Å². The van der Waals surface area contributed by atoms with E-state index in [-0.39, 0.29) is 18.1 Å². The average molecular weight is 253 g/mol. The Morgan fingerprint density at radius 3 is 2.61 bits per heavy atom. The first-order chi connectivity index (χ1) is 8.29. The molecule has 4 nitrogen and oxygen atoms in total. The molecule has 4 heteroatoms. The Labute approximate surface area is 109 Å². The molecular weight excluding hydrogens is 230 g/mol. The van der Waals surface area contributed by atoms with Crippen LogP contribution in [0.2, 0.25) is 0 Å². The molecule has 102 valence electrons. The maximum atomic E-state index is 12.1. The molecule has 1 aliphatic carbocycles. The first-order valence-corrected chi connectivity index (χ1v) is 6.82. The molecule has 0 spiro atoms. The lowest BCUT2D eigenvalue weighted by Gasteiger charge is -2.29. The molecule has 0 aromatic rings. The standard InChI is InChI=1S/C14H23NO3/c1-9-10-6-5-7-12(16)11(10)8-15(9)13(17)18-14(2,3)4/h9-11H,5-8H2,1-4H3. The quantitative estimate of drug-likeness (QED) is 0.666. The van der Waals surface area contributed by atoms with Crippen molar-refractivity contribution in [3.63, 3.8) is 0 Å². The highest BCUT2D eigenvalue weighted by atomic mass is 16.6. The highest BCUT2D eigenvalue weighted by Crippen LogP contribution is 2.38. The van der Waals surface area contributed by atoms with Crippen molar-refractivity contribution in [2.45, 2.75) is 58.6 Å². The van der Waals surface area contributed by atoms with Gasteiger partial charge in [0.15, 0.2) is 0 Å². The molecule has 0 aromatic carbocycles. The van der Waals surface area contributed by atoms with Gasteiger partial charge in [0, 0.05) is 24.9 Å². The van der Waals surface area contributed by atoms with Crippen molar-refractivity contribution in [1.29, 1.82) is 0 Å². The number of ether oxygens (including phenoxy) is 1. The van der Waals surface area contributed by atoms with Crippen LogP contribution in [0.25, 0.3) is 0 Å². The van der Waals surface area contributed by atoms with E-state index < -0.39 is 5.60 Å². The maximum Gasteiger partial charge on any atom is 0.410 e. The van der Waals surface area contributed by atoms with E-state index in [1.54, 1.807) is 4.90 Å². The van der Waals surface area contributed by atoms with Crippen LogP contribution < -0.4 is 0 Å². The number of amides is 1. The highest BCUT2D eigenvalue weighted by molar-refractivity contribution is 5.84. The van der Waals surface area contributed by atoms with Crippen molar-refractivity contribution in [1.82, 2.24) is 4.90 Å². The minimum Gasteiger partial charge on any atom is -0.444 e. The van der Waals surface area contributed by atoms with E-state index in [9.17, 15) is 9.59 Å². The molecule has 2 aliphatic rings. The van der Waals surface area contributed by atoms with Crippen molar-refractivity contribution < 1.29 is 14.3 Å². The smallest absolute Gasteiger partial charge is 0.410 e.